The number of pyridine rings is 1. The van der Waals surface area contributed by atoms with Gasteiger partial charge in [0.2, 0.25) is 5.88 Å². The van der Waals surface area contributed by atoms with E-state index in [-0.39, 0.29) is 0 Å². The number of aliphatic imine (C=N–C) groups is 1. The van der Waals surface area contributed by atoms with E-state index in [0.29, 0.717) is 19.0 Å². The van der Waals surface area contributed by atoms with E-state index in [1.165, 1.54) is 0 Å². The lowest BCUT2D eigenvalue weighted by atomic mass is 10.2. The lowest BCUT2D eigenvalue weighted by Gasteiger charge is -2.21. The lowest BCUT2D eigenvalue weighted by molar-refractivity contribution is 0.397. The molecule has 7 nitrogen and oxygen atoms in total. The van der Waals surface area contributed by atoms with Crippen LogP contribution in [0.15, 0.2) is 59.9 Å². The first kappa shape index (κ1) is 19.4. The Bertz CT molecular complexity index is 889. The molecule has 0 saturated heterocycles. The van der Waals surface area contributed by atoms with Crippen LogP contribution in [-0.2, 0) is 13.1 Å². The van der Waals surface area contributed by atoms with Crippen LogP contribution >= 0.6 is 0 Å². The quantitative estimate of drug-likeness (QED) is 0.488. The summed E-state index contributed by atoms with van der Waals surface area (Å²) in [5.41, 5.74) is 3.15. The topological polar surface area (TPSA) is 78.4 Å². The van der Waals surface area contributed by atoms with Gasteiger partial charge in [0.05, 0.1) is 32.1 Å². The fourth-order valence-electron chi connectivity index (χ4n) is 2.77. The highest BCUT2D eigenvalue weighted by atomic mass is 16.5. The molecule has 0 radical (unpaired) electrons. The van der Waals surface area contributed by atoms with E-state index in [2.05, 4.69) is 39.3 Å². The molecule has 146 valence electrons. The molecule has 0 aliphatic rings. The Kier molecular flexibility index (Phi) is 6.62. The number of H-pyrrole nitrogens is 1. The standard InChI is InChI=1S/C21H26N6O/c1-4-22-21(25-13-16-10-11-20(28-3)24-12-16)27(2)15-19-23-14-18(26-19)17-8-6-5-7-9-17/h5-12,14H,4,13,15H2,1-3H3,(H,22,25)(H,23,26). The van der Waals surface area contributed by atoms with Crippen molar-refractivity contribution in [1.82, 2.24) is 25.2 Å². The summed E-state index contributed by atoms with van der Waals surface area (Å²) in [4.78, 5) is 18.9. The van der Waals surface area contributed by atoms with Gasteiger partial charge in [0.25, 0.3) is 0 Å². The third kappa shape index (κ3) is 5.09. The molecule has 0 spiro atoms. The first-order valence-electron chi connectivity index (χ1n) is 9.27. The molecular weight excluding hydrogens is 352 g/mol. The molecule has 3 rings (SSSR count). The van der Waals surface area contributed by atoms with Crippen LogP contribution in [0.4, 0.5) is 0 Å². The maximum Gasteiger partial charge on any atom is 0.212 e. The average molecular weight is 378 g/mol. The van der Waals surface area contributed by atoms with Gasteiger partial charge in [0, 0.05) is 25.9 Å². The summed E-state index contributed by atoms with van der Waals surface area (Å²) >= 11 is 0. The molecule has 2 aromatic heterocycles. The van der Waals surface area contributed by atoms with Crippen molar-refractivity contribution >= 4 is 5.96 Å². The van der Waals surface area contributed by atoms with Crippen molar-refractivity contribution in [3.8, 4) is 17.1 Å². The Morgan fingerprint density at radius 3 is 2.64 bits per heavy atom. The number of aromatic amines is 1. The summed E-state index contributed by atoms with van der Waals surface area (Å²) in [6, 6.07) is 14.0. The molecule has 0 bridgehead atoms. The summed E-state index contributed by atoms with van der Waals surface area (Å²) < 4.78 is 5.09. The number of ether oxygens (including phenoxy) is 1. The molecule has 0 saturated carbocycles. The van der Waals surface area contributed by atoms with Crippen molar-refractivity contribution in [3.05, 3.63) is 66.2 Å². The molecule has 2 N–H and O–H groups in total. The number of benzene rings is 1. The largest absolute Gasteiger partial charge is 0.481 e. The van der Waals surface area contributed by atoms with Crippen LogP contribution in [0, 0.1) is 0 Å². The molecule has 0 aliphatic heterocycles. The monoisotopic (exact) mass is 378 g/mol. The Morgan fingerprint density at radius 2 is 1.96 bits per heavy atom. The molecule has 0 unspecified atom stereocenters. The fraction of sp³-hybridized carbons (Fsp3) is 0.286. The summed E-state index contributed by atoms with van der Waals surface area (Å²) in [6.07, 6.45) is 3.65. The van der Waals surface area contributed by atoms with Gasteiger partial charge in [-0.1, -0.05) is 36.4 Å². The lowest BCUT2D eigenvalue weighted by Crippen LogP contribution is -2.38. The molecule has 7 heteroatoms. The van der Waals surface area contributed by atoms with E-state index >= 15 is 0 Å². The predicted octanol–water partition coefficient (Wildman–Crippen LogP) is 3.08. The van der Waals surface area contributed by atoms with Crippen molar-refractivity contribution in [2.75, 3.05) is 20.7 Å². The second-order valence-corrected chi connectivity index (χ2v) is 6.34. The molecule has 28 heavy (non-hydrogen) atoms. The van der Waals surface area contributed by atoms with Crippen LogP contribution in [0.25, 0.3) is 11.3 Å². The Morgan fingerprint density at radius 1 is 1.14 bits per heavy atom. The van der Waals surface area contributed by atoms with E-state index in [1.54, 1.807) is 13.3 Å². The summed E-state index contributed by atoms with van der Waals surface area (Å²) in [5, 5.41) is 3.32. The van der Waals surface area contributed by atoms with E-state index in [0.717, 1.165) is 35.1 Å². The molecule has 2 heterocycles. The van der Waals surface area contributed by atoms with Gasteiger partial charge in [-0.15, -0.1) is 0 Å². The number of nitrogens with zero attached hydrogens (tertiary/aromatic N) is 4. The number of guanidine groups is 1. The zero-order valence-corrected chi connectivity index (χ0v) is 16.5. The normalized spacial score (nSPS) is 11.3. The molecule has 3 aromatic rings. The van der Waals surface area contributed by atoms with Crippen LogP contribution in [0.2, 0.25) is 0 Å². The average Bonchev–Trinajstić information content (AvgIpc) is 3.20. The van der Waals surface area contributed by atoms with Crippen molar-refractivity contribution in [3.63, 3.8) is 0 Å². The highest BCUT2D eigenvalue weighted by Gasteiger charge is 2.10. The number of aromatic nitrogens is 3. The maximum atomic E-state index is 5.09. The Balaban J connectivity index is 1.67. The minimum atomic E-state index is 0.539. The molecule has 0 amide bonds. The molecule has 0 aliphatic carbocycles. The van der Waals surface area contributed by atoms with Crippen LogP contribution in [0.1, 0.15) is 18.3 Å². The minimum Gasteiger partial charge on any atom is -0.481 e. The van der Waals surface area contributed by atoms with Crippen molar-refractivity contribution in [1.29, 1.82) is 0 Å². The zero-order valence-electron chi connectivity index (χ0n) is 16.5. The van der Waals surface area contributed by atoms with E-state index in [4.69, 9.17) is 9.73 Å². The molecule has 0 fully saturated rings. The first-order valence-corrected chi connectivity index (χ1v) is 9.27. The number of hydrogen-bond acceptors (Lipinski definition) is 4. The van der Waals surface area contributed by atoms with Gasteiger partial charge in [-0.25, -0.2) is 15.0 Å². The third-order valence-corrected chi connectivity index (χ3v) is 4.21. The molecular formula is C21H26N6O. The SMILES string of the molecule is CCNC(=NCc1ccc(OC)nc1)N(C)Cc1ncc(-c2ccccc2)[nH]1. The van der Waals surface area contributed by atoms with Gasteiger partial charge in [0.15, 0.2) is 5.96 Å². The first-order chi connectivity index (χ1) is 13.7. The van der Waals surface area contributed by atoms with Crippen molar-refractivity contribution in [2.45, 2.75) is 20.0 Å². The van der Waals surface area contributed by atoms with Crippen LogP contribution in [0.5, 0.6) is 5.88 Å². The summed E-state index contributed by atoms with van der Waals surface area (Å²) in [7, 11) is 3.61. The predicted molar refractivity (Wildman–Crippen MR) is 111 cm³/mol. The number of hydrogen-bond donors (Lipinski definition) is 2. The number of methoxy groups -OCH3 is 1. The van der Waals surface area contributed by atoms with Crippen LogP contribution in [-0.4, -0.2) is 46.5 Å². The highest BCUT2D eigenvalue weighted by molar-refractivity contribution is 5.79. The van der Waals surface area contributed by atoms with Gasteiger partial charge in [-0.05, 0) is 18.1 Å². The Labute approximate surface area is 165 Å². The number of imidazole rings is 1. The summed E-state index contributed by atoms with van der Waals surface area (Å²) in [6.45, 7) is 4.01. The van der Waals surface area contributed by atoms with Crippen LogP contribution in [0.3, 0.4) is 0 Å². The van der Waals surface area contributed by atoms with Gasteiger partial charge in [-0.3, -0.25) is 0 Å². The molecule has 1 aromatic carbocycles. The highest BCUT2D eigenvalue weighted by Crippen LogP contribution is 2.16. The van der Waals surface area contributed by atoms with E-state index in [1.807, 2.05) is 48.5 Å². The fourth-order valence-corrected chi connectivity index (χ4v) is 2.77. The number of rotatable bonds is 7. The smallest absolute Gasteiger partial charge is 0.212 e. The van der Waals surface area contributed by atoms with Gasteiger partial charge >= 0.3 is 0 Å². The van der Waals surface area contributed by atoms with Gasteiger partial charge < -0.3 is 19.9 Å². The van der Waals surface area contributed by atoms with Gasteiger partial charge in [0.1, 0.15) is 5.82 Å². The molecule has 0 atom stereocenters. The maximum absolute atomic E-state index is 5.09. The minimum absolute atomic E-state index is 0.539. The van der Waals surface area contributed by atoms with Gasteiger partial charge in [-0.2, -0.15) is 0 Å². The number of nitrogens with one attached hydrogen (secondary N) is 2. The van der Waals surface area contributed by atoms with E-state index < -0.39 is 0 Å². The van der Waals surface area contributed by atoms with Crippen LogP contribution < -0.4 is 10.1 Å². The zero-order chi connectivity index (χ0) is 19.8. The van der Waals surface area contributed by atoms with E-state index in [9.17, 15) is 0 Å². The third-order valence-electron chi connectivity index (χ3n) is 4.21. The van der Waals surface area contributed by atoms with Crippen molar-refractivity contribution in [2.24, 2.45) is 4.99 Å². The Hall–Kier alpha value is -3.35. The second-order valence-electron chi connectivity index (χ2n) is 6.34. The second kappa shape index (κ2) is 9.55. The summed E-state index contributed by atoms with van der Waals surface area (Å²) in [5.74, 6) is 2.30. The van der Waals surface area contributed by atoms with Crippen molar-refractivity contribution < 1.29 is 4.74 Å².